The summed E-state index contributed by atoms with van der Waals surface area (Å²) in [7, 11) is 0. The van der Waals surface area contributed by atoms with E-state index in [0.717, 1.165) is 45.4 Å². The molecule has 0 radical (unpaired) electrons. The molecule has 1 N–H and O–H groups in total. The fourth-order valence-electron chi connectivity index (χ4n) is 2.16. The summed E-state index contributed by atoms with van der Waals surface area (Å²) in [6.45, 7) is 3.68. The molecule has 0 aromatic rings. The smallest absolute Gasteiger partial charge is 0.226 e. The highest BCUT2D eigenvalue weighted by Crippen LogP contribution is 2.20. The van der Waals surface area contributed by atoms with Crippen LogP contribution in [0.4, 0.5) is 0 Å². The minimum Gasteiger partial charge on any atom is -0.340 e. The van der Waals surface area contributed by atoms with Gasteiger partial charge in [0.2, 0.25) is 5.91 Å². The van der Waals surface area contributed by atoms with Crippen molar-refractivity contribution in [1.82, 2.24) is 10.2 Å². The number of nitrogens with one attached hydrogen (secondary N) is 1. The van der Waals surface area contributed by atoms with Crippen molar-refractivity contribution in [3.05, 3.63) is 12.2 Å². The third kappa shape index (κ3) is 2.15. The highest BCUT2D eigenvalue weighted by atomic mass is 16.2. The molecule has 1 heterocycles. The molecule has 1 atom stereocenters. The molecule has 0 saturated carbocycles. The fourth-order valence-corrected chi connectivity index (χ4v) is 2.16. The summed E-state index contributed by atoms with van der Waals surface area (Å²) in [5, 5.41) is 3.26. The van der Waals surface area contributed by atoms with Crippen molar-refractivity contribution in [3.8, 4) is 0 Å². The summed E-state index contributed by atoms with van der Waals surface area (Å²) < 4.78 is 0. The lowest BCUT2D eigenvalue weighted by molar-refractivity contribution is -0.136. The molecule has 3 nitrogen and oxygen atoms in total. The molecule has 14 heavy (non-hydrogen) atoms. The van der Waals surface area contributed by atoms with Gasteiger partial charge in [-0.1, -0.05) is 12.2 Å². The van der Waals surface area contributed by atoms with Crippen LogP contribution in [-0.4, -0.2) is 37.0 Å². The van der Waals surface area contributed by atoms with E-state index in [4.69, 9.17) is 0 Å². The highest BCUT2D eigenvalue weighted by Gasteiger charge is 2.24. The van der Waals surface area contributed by atoms with Crippen LogP contribution in [0.5, 0.6) is 0 Å². The van der Waals surface area contributed by atoms with E-state index in [-0.39, 0.29) is 5.92 Å². The normalized spacial score (nSPS) is 27.7. The van der Waals surface area contributed by atoms with Gasteiger partial charge < -0.3 is 10.2 Å². The van der Waals surface area contributed by atoms with E-state index in [1.165, 1.54) is 0 Å². The predicted molar refractivity (Wildman–Crippen MR) is 55.9 cm³/mol. The molecule has 2 aliphatic rings. The van der Waals surface area contributed by atoms with Crippen molar-refractivity contribution in [1.29, 1.82) is 0 Å². The number of carbonyl (C=O) groups excluding carboxylic acids is 1. The third-order valence-electron chi connectivity index (χ3n) is 3.05. The number of hydrogen-bond acceptors (Lipinski definition) is 2. The number of piperazine rings is 1. The van der Waals surface area contributed by atoms with Gasteiger partial charge in [-0.05, 0) is 19.3 Å². The molecule has 2 rings (SSSR count). The van der Waals surface area contributed by atoms with Crippen molar-refractivity contribution in [2.75, 3.05) is 26.2 Å². The van der Waals surface area contributed by atoms with Gasteiger partial charge in [-0.15, -0.1) is 0 Å². The SMILES string of the molecule is O=C([C@@H]1CC=CCC1)N1CCNCC1. The van der Waals surface area contributed by atoms with E-state index in [2.05, 4.69) is 17.5 Å². The molecule has 78 valence electrons. The van der Waals surface area contributed by atoms with Crippen LogP contribution in [0.3, 0.4) is 0 Å². The monoisotopic (exact) mass is 194 g/mol. The molecule has 1 saturated heterocycles. The number of nitrogens with zero attached hydrogens (tertiary/aromatic N) is 1. The summed E-state index contributed by atoms with van der Waals surface area (Å²) >= 11 is 0. The first-order valence-electron chi connectivity index (χ1n) is 5.52. The molecule has 3 heteroatoms. The fraction of sp³-hybridized carbons (Fsp3) is 0.727. The van der Waals surface area contributed by atoms with Crippen LogP contribution in [0, 0.1) is 5.92 Å². The topological polar surface area (TPSA) is 32.3 Å². The van der Waals surface area contributed by atoms with Gasteiger partial charge in [0.15, 0.2) is 0 Å². The van der Waals surface area contributed by atoms with Crippen molar-refractivity contribution >= 4 is 5.91 Å². The zero-order valence-corrected chi connectivity index (χ0v) is 8.54. The minimum atomic E-state index is 0.262. The Morgan fingerprint density at radius 3 is 2.71 bits per heavy atom. The van der Waals surface area contributed by atoms with Gasteiger partial charge >= 0.3 is 0 Å². The van der Waals surface area contributed by atoms with Crippen LogP contribution in [-0.2, 0) is 4.79 Å². The average Bonchev–Trinajstić information content (AvgIpc) is 2.30. The van der Waals surface area contributed by atoms with E-state index in [1.807, 2.05) is 4.90 Å². The van der Waals surface area contributed by atoms with Gasteiger partial charge in [0, 0.05) is 32.1 Å². The Morgan fingerprint density at radius 1 is 1.29 bits per heavy atom. The Labute approximate surface area is 85.2 Å². The number of allylic oxidation sites excluding steroid dienone is 2. The first-order valence-corrected chi connectivity index (χ1v) is 5.52. The maximum Gasteiger partial charge on any atom is 0.226 e. The van der Waals surface area contributed by atoms with Crippen LogP contribution in [0.15, 0.2) is 12.2 Å². The summed E-state index contributed by atoms with van der Waals surface area (Å²) in [5.41, 5.74) is 0. The van der Waals surface area contributed by atoms with Gasteiger partial charge in [0.25, 0.3) is 0 Å². The first kappa shape index (κ1) is 9.71. The summed E-state index contributed by atoms with van der Waals surface area (Å²) in [6, 6.07) is 0. The van der Waals surface area contributed by atoms with Gasteiger partial charge in [-0.3, -0.25) is 4.79 Å². The van der Waals surface area contributed by atoms with E-state index < -0.39 is 0 Å². The average molecular weight is 194 g/mol. The van der Waals surface area contributed by atoms with Crippen molar-refractivity contribution in [3.63, 3.8) is 0 Å². The lowest BCUT2D eigenvalue weighted by Crippen LogP contribution is -2.48. The molecule has 0 aromatic heterocycles. The van der Waals surface area contributed by atoms with Gasteiger partial charge in [0.1, 0.15) is 0 Å². The molecule has 0 aromatic carbocycles. The molecule has 0 bridgehead atoms. The van der Waals surface area contributed by atoms with Gasteiger partial charge in [0.05, 0.1) is 0 Å². The molecule has 0 unspecified atom stereocenters. The van der Waals surface area contributed by atoms with E-state index in [1.54, 1.807) is 0 Å². The zero-order chi connectivity index (χ0) is 9.80. The summed E-state index contributed by atoms with van der Waals surface area (Å²) in [4.78, 5) is 14.0. The third-order valence-corrected chi connectivity index (χ3v) is 3.05. The second-order valence-electron chi connectivity index (χ2n) is 4.06. The van der Waals surface area contributed by atoms with Gasteiger partial charge in [-0.2, -0.15) is 0 Å². The van der Waals surface area contributed by atoms with Crippen LogP contribution < -0.4 is 5.32 Å². The Kier molecular flexibility index (Phi) is 3.19. The number of amides is 1. The zero-order valence-electron chi connectivity index (χ0n) is 8.54. The lowest BCUT2D eigenvalue weighted by Gasteiger charge is -2.31. The van der Waals surface area contributed by atoms with E-state index in [0.29, 0.717) is 5.91 Å². The molecule has 1 aliphatic carbocycles. The van der Waals surface area contributed by atoms with Crippen molar-refractivity contribution in [2.45, 2.75) is 19.3 Å². The first-order chi connectivity index (χ1) is 6.88. The standard InChI is InChI=1S/C11H18N2O/c14-11(10-4-2-1-3-5-10)13-8-6-12-7-9-13/h1-2,10,12H,3-9H2/t10-/m1/s1. The molecule has 1 fully saturated rings. The number of rotatable bonds is 1. The van der Waals surface area contributed by atoms with Crippen molar-refractivity contribution < 1.29 is 4.79 Å². The quantitative estimate of drug-likeness (QED) is 0.625. The largest absolute Gasteiger partial charge is 0.340 e. The van der Waals surface area contributed by atoms with Crippen molar-refractivity contribution in [2.24, 2.45) is 5.92 Å². The van der Waals surface area contributed by atoms with Crippen LogP contribution in [0.25, 0.3) is 0 Å². The molecular formula is C11H18N2O. The predicted octanol–water partition coefficient (Wildman–Crippen LogP) is 0.774. The molecule has 1 amide bonds. The summed E-state index contributed by atoms with van der Waals surface area (Å²) in [5.74, 6) is 0.633. The Balaban J connectivity index is 1.89. The Hall–Kier alpha value is -0.830. The molecule has 1 aliphatic heterocycles. The van der Waals surface area contributed by atoms with E-state index >= 15 is 0 Å². The van der Waals surface area contributed by atoms with E-state index in [9.17, 15) is 4.79 Å². The number of hydrogen-bond donors (Lipinski definition) is 1. The Morgan fingerprint density at radius 2 is 2.07 bits per heavy atom. The maximum atomic E-state index is 12.0. The maximum absolute atomic E-state index is 12.0. The lowest BCUT2D eigenvalue weighted by atomic mass is 9.93. The second kappa shape index (κ2) is 4.60. The van der Waals surface area contributed by atoms with Crippen LogP contribution >= 0.6 is 0 Å². The molecule has 0 spiro atoms. The Bertz CT molecular complexity index is 231. The highest BCUT2D eigenvalue weighted by molar-refractivity contribution is 5.79. The van der Waals surface area contributed by atoms with Gasteiger partial charge in [-0.25, -0.2) is 0 Å². The summed E-state index contributed by atoms with van der Waals surface area (Å²) in [6.07, 6.45) is 7.39. The van der Waals surface area contributed by atoms with Crippen LogP contribution in [0.1, 0.15) is 19.3 Å². The molecular weight excluding hydrogens is 176 g/mol. The van der Waals surface area contributed by atoms with Crippen LogP contribution in [0.2, 0.25) is 0 Å². The minimum absolute atomic E-state index is 0.262. The number of carbonyl (C=O) groups is 1. The second-order valence-corrected chi connectivity index (χ2v) is 4.06.